The Morgan fingerprint density at radius 3 is 2.64 bits per heavy atom. The van der Waals surface area contributed by atoms with Crippen LogP contribution in [-0.4, -0.2) is 64.8 Å². The first-order chi connectivity index (χ1) is 17.4. The minimum Gasteiger partial charge on any atom is -0.466 e. The fourth-order valence-corrected chi connectivity index (χ4v) is 6.72. The van der Waals surface area contributed by atoms with Crippen molar-refractivity contribution in [2.75, 3.05) is 25.1 Å². The minimum atomic E-state index is -1.08. The molecule has 3 saturated heterocycles. The monoisotopic (exact) mass is 494 g/mol. The molecule has 5 atom stereocenters. The number of aliphatic hydroxyl groups is 1. The summed E-state index contributed by atoms with van der Waals surface area (Å²) in [5, 5.41) is 14.4. The van der Waals surface area contributed by atoms with E-state index in [1.165, 1.54) is 0 Å². The molecule has 2 N–H and O–H groups in total. The van der Waals surface area contributed by atoms with Gasteiger partial charge in [0.05, 0.1) is 18.1 Å². The number of amides is 2. The Kier molecular flexibility index (Phi) is 6.51. The van der Waals surface area contributed by atoms with E-state index in [0.29, 0.717) is 44.3 Å². The quantitative estimate of drug-likeness (QED) is 0.410. The molecule has 2 bridgehead atoms. The van der Waals surface area contributed by atoms with Crippen LogP contribution in [0.4, 0.5) is 5.69 Å². The highest BCUT2D eigenvalue weighted by Crippen LogP contribution is 2.64. The van der Waals surface area contributed by atoms with Crippen molar-refractivity contribution in [3.05, 3.63) is 42.5 Å². The number of hydrogen-bond acceptors (Lipinski definition) is 6. The third kappa shape index (κ3) is 3.69. The van der Waals surface area contributed by atoms with E-state index in [1.807, 2.05) is 49.4 Å². The second kappa shape index (κ2) is 9.48. The van der Waals surface area contributed by atoms with Crippen molar-refractivity contribution in [2.24, 2.45) is 11.8 Å². The largest absolute Gasteiger partial charge is 0.466 e. The number of anilines is 1. The lowest BCUT2D eigenvalue weighted by atomic mass is 9.65. The molecular weight excluding hydrogens is 460 g/mol. The summed E-state index contributed by atoms with van der Waals surface area (Å²) in [5.74, 6) is -2.47. The third-order valence-electron chi connectivity index (χ3n) is 8.29. The van der Waals surface area contributed by atoms with Crippen LogP contribution in [0.5, 0.6) is 0 Å². The van der Waals surface area contributed by atoms with E-state index in [-0.39, 0.29) is 25.0 Å². The number of hydrogen-bond donors (Lipinski definition) is 2. The van der Waals surface area contributed by atoms with Crippen LogP contribution in [0.25, 0.3) is 10.8 Å². The number of rotatable bonds is 9. The van der Waals surface area contributed by atoms with Gasteiger partial charge in [0.2, 0.25) is 11.8 Å². The molecule has 2 amide bonds. The molecule has 5 rings (SSSR count). The summed E-state index contributed by atoms with van der Waals surface area (Å²) in [4.78, 5) is 42.5. The number of carbonyl (C=O) groups excluding carboxylic acids is 3. The zero-order valence-corrected chi connectivity index (χ0v) is 20.9. The Bertz CT molecular complexity index is 1180. The minimum absolute atomic E-state index is 0.00541. The van der Waals surface area contributed by atoms with E-state index in [0.717, 1.165) is 10.8 Å². The summed E-state index contributed by atoms with van der Waals surface area (Å²) >= 11 is 0. The molecule has 8 heteroatoms. The van der Waals surface area contributed by atoms with Crippen LogP contribution in [0.15, 0.2) is 42.5 Å². The van der Waals surface area contributed by atoms with Crippen molar-refractivity contribution in [1.29, 1.82) is 0 Å². The number of fused-ring (bicyclic) bond motifs is 2. The molecule has 2 aromatic rings. The maximum absolute atomic E-state index is 13.9. The molecule has 3 fully saturated rings. The number of carbonyl (C=O) groups is 3. The molecule has 3 aliphatic heterocycles. The maximum Gasteiger partial charge on any atom is 0.312 e. The van der Waals surface area contributed by atoms with Gasteiger partial charge >= 0.3 is 5.97 Å². The van der Waals surface area contributed by atoms with Crippen LogP contribution >= 0.6 is 0 Å². The van der Waals surface area contributed by atoms with E-state index in [4.69, 9.17) is 9.47 Å². The Hall–Kier alpha value is -2.97. The van der Waals surface area contributed by atoms with E-state index < -0.39 is 35.0 Å². The summed E-state index contributed by atoms with van der Waals surface area (Å²) < 4.78 is 12.1. The molecule has 0 aromatic heterocycles. The molecular formula is C28H34N2O6. The molecule has 36 heavy (non-hydrogen) atoms. The molecule has 3 aliphatic rings. The summed E-state index contributed by atoms with van der Waals surface area (Å²) in [6.45, 7) is 4.24. The van der Waals surface area contributed by atoms with Crippen molar-refractivity contribution in [3.8, 4) is 0 Å². The SMILES string of the molecule is CCOC(=O)[C@@H]1[C@H]2C(=O)N(CCCCO)C(C(=O)Nc3ccc4ccccc4c3)C23CC[C@@]1(CC)O3. The molecule has 0 radical (unpaired) electrons. The summed E-state index contributed by atoms with van der Waals surface area (Å²) in [5.41, 5.74) is -1.24. The van der Waals surface area contributed by atoms with Crippen molar-refractivity contribution in [2.45, 2.75) is 63.2 Å². The highest BCUT2D eigenvalue weighted by molar-refractivity contribution is 6.04. The smallest absolute Gasteiger partial charge is 0.312 e. The van der Waals surface area contributed by atoms with E-state index >= 15 is 0 Å². The number of unbranched alkanes of at least 4 members (excludes halogenated alkanes) is 1. The molecule has 0 saturated carbocycles. The Labute approximate surface area is 210 Å². The van der Waals surface area contributed by atoms with Gasteiger partial charge in [-0.2, -0.15) is 0 Å². The second-order valence-corrected chi connectivity index (χ2v) is 10.1. The van der Waals surface area contributed by atoms with Gasteiger partial charge in [-0.1, -0.05) is 37.3 Å². The number of aliphatic hydroxyl groups excluding tert-OH is 1. The maximum atomic E-state index is 13.9. The summed E-state index contributed by atoms with van der Waals surface area (Å²) in [6, 6.07) is 12.7. The first-order valence-corrected chi connectivity index (χ1v) is 13.0. The lowest BCUT2D eigenvalue weighted by molar-refractivity contribution is -0.160. The number of nitrogens with one attached hydrogen (secondary N) is 1. The Morgan fingerprint density at radius 1 is 1.14 bits per heavy atom. The Balaban J connectivity index is 1.51. The van der Waals surface area contributed by atoms with E-state index in [1.54, 1.807) is 11.8 Å². The number of ether oxygens (including phenoxy) is 2. The first-order valence-electron chi connectivity index (χ1n) is 13.0. The van der Waals surface area contributed by atoms with Gasteiger partial charge in [-0.05, 0) is 61.9 Å². The standard InChI is InChI=1S/C28H34N2O6/c1-3-27-13-14-28(36-27)21(22(27)26(34)35-4-2)25(33)30(15-7-8-16-31)23(28)24(32)29-20-12-11-18-9-5-6-10-19(18)17-20/h5-6,9-12,17,21-23,31H,3-4,7-8,13-16H2,1-2H3,(H,29,32)/t21-,22-,23?,27+,28?/m0/s1. The average Bonchev–Trinajstić information content (AvgIpc) is 3.48. The molecule has 1 spiro atoms. The fourth-order valence-electron chi connectivity index (χ4n) is 6.72. The van der Waals surface area contributed by atoms with Gasteiger partial charge < -0.3 is 24.8 Å². The predicted octanol–water partition coefficient (Wildman–Crippen LogP) is 3.27. The summed E-state index contributed by atoms with van der Waals surface area (Å²) in [7, 11) is 0. The van der Waals surface area contributed by atoms with Gasteiger partial charge in [-0.25, -0.2) is 0 Å². The van der Waals surface area contributed by atoms with Crippen LogP contribution in [0.3, 0.4) is 0 Å². The van der Waals surface area contributed by atoms with Gasteiger partial charge in [0.1, 0.15) is 17.6 Å². The predicted molar refractivity (Wildman–Crippen MR) is 134 cm³/mol. The van der Waals surface area contributed by atoms with Crippen molar-refractivity contribution >= 4 is 34.2 Å². The summed E-state index contributed by atoms with van der Waals surface area (Å²) in [6.07, 6.45) is 2.75. The van der Waals surface area contributed by atoms with Gasteiger partial charge in [-0.3, -0.25) is 14.4 Å². The average molecular weight is 495 g/mol. The van der Waals surface area contributed by atoms with Crippen LogP contribution in [0, 0.1) is 11.8 Å². The zero-order valence-electron chi connectivity index (χ0n) is 20.9. The van der Waals surface area contributed by atoms with Crippen LogP contribution < -0.4 is 5.32 Å². The van der Waals surface area contributed by atoms with E-state index in [2.05, 4.69) is 5.32 Å². The first kappa shape index (κ1) is 24.7. The normalized spacial score (nSPS) is 30.6. The molecule has 2 unspecified atom stereocenters. The zero-order chi connectivity index (χ0) is 25.5. The number of benzene rings is 2. The van der Waals surface area contributed by atoms with Gasteiger partial charge in [-0.15, -0.1) is 0 Å². The molecule has 192 valence electrons. The molecule has 0 aliphatic carbocycles. The highest BCUT2D eigenvalue weighted by Gasteiger charge is 2.78. The number of nitrogens with zero attached hydrogens (tertiary/aromatic N) is 1. The lowest BCUT2D eigenvalue weighted by Gasteiger charge is -2.33. The van der Waals surface area contributed by atoms with E-state index in [9.17, 15) is 19.5 Å². The van der Waals surface area contributed by atoms with Crippen LogP contribution in [-0.2, 0) is 23.9 Å². The van der Waals surface area contributed by atoms with Gasteiger partial charge in [0.15, 0.2) is 0 Å². The topological polar surface area (TPSA) is 105 Å². The van der Waals surface area contributed by atoms with Crippen molar-refractivity contribution in [3.63, 3.8) is 0 Å². The third-order valence-corrected chi connectivity index (χ3v) is 8.29. The number of esters is 1. The molecule has 2 aromatic carbocycles. The fraction of sp³-hybridized carbons (Fsp3) is 0.536. The number of likely N-dealkylation sites (tertiary alicyclic amines) is 1. The molecule has 8 nitrogen and oxygen atoms in total. The van der Waals surface area contributed by atoms with Gasteiger partial charge in [0.25, 0.3) is 0 Å². The lowest BCUT2D eigenvalue weighted by Crippen LogP contribution is -2.53. The van der Waals surface area contributed by atoms with Gasteiger partial charge in [0, 0.05) is 18.8 Å². The second-order valence-electron chi connectivity index (χ2n) is 10.1. The Morgan fingerprint density at radius 2 is 1.92 bits per heavy atom. The molecule has 3 heterocycles. The van der Waals surface area contributed by atoms with Crippen LogP contribution in [0.2, 0.25) is 0 Å². The van der Waals surface area contributed by atoms with Crippen LogP contribution in [0.1, 0.15) is 46.0 Å². The van der Waals surface area contributed by atoms with Crippen molar-refractivity contribution in [1.82, 2.24) is 4.90 Å². The van der Waals surface area contributed by atoms with Crippen molar-refractivity contribution < 1.29 is 29.0 Å². The highest BCUT2D eigenvalue weighted by atomic mass is 16.6.